The summed E-state index contributed by atoms with van der Waals surface area (Å²) in [6.45, 7) is 0. The average molecular weight is 235 g/mol. The summed E-state index contributed by atoms with van der Waals surface area (Å²) in [4.78, 5) is 18.9. The highest BCUT2D eigenvalue weighted by atomic mass is 16.4. The standard InChI is InChI=1S/C12H17N3O2/c13-12-14-7-9(10(15-12)11(16)17)8-5-3-1-2-4-6-8/h7-8H,1-6H2,(H,16,17)(H2,13,14,15). The van der Waals surface area contributed by atoms with E-state index in [-0.39, 0.29) is 17.6 Å². The fourth-order valence-electron chi connectivity index (χ4n) is 2.47. The Hall–Kier alpha value is -1.65. The van der Waals surface area contributed by atoms with Gasteiger partial charge in [0, 0.05) is 11.8 Å². The van der Waals surface area contributed by atoms with Gasteiger partial charge >= 0.3 is 5.97 Å². The summed E-state index contributed by atoms with van der Waals surface area (Å²) in [7, 11) is 0. The Labute approximate surface area is 100 Å². The van der Waals surface area contributed by atoms with Crippen molar-refractivity contribution in [2.24, 2.45) is 0 Å². The molecule has 0 aliphatic heterocycles. The molecular formula is C12H17N3O2. The SMILES string of the molecule is Nc1ncc(C2CCCCCC2)c(C(=O)O)n1. The second kappa shape index (κ2) is 5.12. The molecule has 0 atom stereocenters. The molecule has 0 unspecified atom stereocenters. The van der Waals surface area contributed by atoms with Crippen LogP contribution in [0.4, 0.5) is 5.95 Å². The van der Waals surface area contributed by atoms with E-state index in [0.717, 1.165) is 31.2 Å². The van der Waals surface area contributed by atoms with Crippen molar-refractivity contribution in [2.75, 3.05) is 5.73 Å². The number of anilines is 1. The van der Waals surface area contributed by atoms with Crippen molar-refractivity contribution in [1.82, 2.24) is 9.97 Å². The average Bonchev–Trinajstić information content (AvgIpc) is 2.57. The molecule has 0 spiro atoms. The van der Waals surface area contributed by atoms with Gasteiger partial charge in [-0.05, 0) is 18.8 Å². The number of rotatable bonds is 2. The normalized spacial score (nSPS) is 17.6. The lowest BCUT2D eigenvalue weighted by molar-refractivity contribution is 0.0688. The van der Waals surface area contributed by atoms with Gasteiger partial charge in [-0.1, -0.05) is 25.7 Å². The van der Waals surface area contributed by atoms with Gasteiger partial charge in [0.15, 0.2) is 5.69 Å². The van der Waals surface area contributed by atoms with Crippen LogP contribution in [0.15, 0.2) is 6.20 Å². The van der Waals surface area contributed by atoms with Crippen molar-refractivity contribution < 1.29 is 9.90 Å². The molecule has 1 fully saturated rings. The number of nitrogen functional groups attached to an aromatic ring is 1. The molecule has 92 valence electrons. The molecule has 1 aliphatic carbocycles. The van der Waals surface area contributed by atoms with Gasteiger partial charge in [0.25, 0.3) is 0 Å². The summed E-state index contributed by atoms with van der Waals surface area (Å²) >= 11 is 0. The van der Waals surface area contributed by atoms with Crippen LogP contribution in [0.5, 0.6) is 0 Å². The minimum absolute atomic E-state index is 0.0276. The molecular weight excluding hydrogens is 218 g/mol. The molecule has 0 aromatic carbocycles. The number of carbonyl (C=O) groups is 1. The third-order valence-electron chi connectivity index (χ3n) is 3.33. The first-order valence-corrected chi connectivity index (χ1v) is 6.04. The Kier molecular flexibility index (Phi) is 3.56. The van der Waals surface area contributed by atoms with Gasteiger partial charge in [-0.2, -0.15) is 0 Å². The van der Waals surface area contributed by atoms with E-state index in [2.05, 4.69) is 9.97 Å². The number of nitrogens with two attached hydrogens (primary N) is 1. The summed E-state index contributed by atoms with van der Waals surface area (Å²) < 4.78 is 0. The van der Waals surface area contributed by atoms with Crippen LogP contribution < -0.4 is 5.73 Å². The summed E-state index contributed by atoms with van der Waals surface area (Å²) in [6, 6.07) is 0. The highest BCUT2D eigenvalue weighted by molar-refractivity contribution is 5.87. The zero-order valence-electron chi connectivity index (χ0n) is 9.72. The minimum Gasteiger partial charge on any atom is -0.476 e. The molecule has 5 nitrogen and oxygen atoms in total. The highest BCUT2D eigenvalue weighted by Gasteiger charge is 2.22. The van der Waals surface area contributed by atoms with Gasteiger partial charge < -0.3 is 10.8 Å². The monoisotopic (exact) mass is 235 g/mol. The number of hydrogen-bond acceptors (Lipinski definition) is 4. The fraction of sp³-hybridized carbons (Fsp3) is 0.583. The Morgan fingerprint density at radius 2 is 1.94 bits per heavy atom. The molecule has 1 aromatic rings. The summed E-state index contributed by atoms with van der Waals surface area (Å²) in [6.07, 6.45) is 8.38. The molecule has 17 heavy (non-hydrogen) atoms. The number of aromatic nitrogens is 2. The Bertz CT molecular complexity index is 412. The maximum absolute atomic E-state index is 11.2. The molecule has 0 radical (unpaired) electrons. The topological polar surface area (TPSA) is 89.1 Å². The number of aromatic carboxylic acids is 1. The molecule has 1 heterocycles. The summed E-state index contributed by atoms with van der Waals surface area (Å²) in [5.74, 6) is -0.720. The molecule has 3 N–H and O–H groups in total. The van der Waals surface area contributed by atoms with Gasteiger partial charge in [0.2, 0.25) is 5.95 Å². The van der Waals surface area contributed by atoms with Crippen molar-refractivity contribution in [3.05, 3.63) is 17.5 Å². The molecule has 0 amide bonds. The van der Waals surface area contributed by atoms with Gasteiger partial charge in [-0.25, -0.2) is 14.8 Å². The third kappa shape index (κ3) is 2.72. The lowest BCUT2D eigenvalue weighted by Gasteiger charge is -2.15. The number of carboxylic acids is 1. The number of carboxylic acid groups (broad SMARTS) is 1. The number of nitrogens with zero attached hydrogens (tertiary/aromatic N) is 2. The zero-order valence-corrected chi connectivity index (χ0v) is 9.72. The maximum atomic E-state index is 11.2. The van der Waals surface area contributed by atoms with E-state index in [1.165, 1.54) is 12.8 Å². The first-order chi connectivity index (χ1) is 8.18. The summed E-state index contributed by atoms with van der Waals surface area (Å²) in [5.41, 5.74) is 6.26. The molecule has 0 bridgehead atoms. The smallest absolute Gasteiger partial charge is 0.354 e. The van der Waals surface area contributed by atoms with E-state index in [0.29, 0.717) is 0 Å². The van der Waals surface area contributed by atoms with Crippen molar-refractivity contribution in [2.45, 2.75) is 44.4 Å². The largest absolute Gasteiger partial charge is 0.476 e. The van der Waals surface area contributed by atoms with Crippen molar-refractivity contribution in [1.29, 1.82) is 0 Å². The molecule has 1 aliphatic rings. The molecule has 2 rings (SSSR count). The first-order valence-electron chi connectivity index (χ1n) is 6.04. The minimum atomic E-state index is -1.02. The fourth-order valence-corrected chi connectivity index (χ4v) is 2.47. The maximum Gasteiger partial charge on any atom is 0.354 e. The second-order valence-electron chi connectivity index (χ2n) is 4.53. The molecule has 1 saturated carbocycles. The number of hydrogen-bond donors (Lipinski definition) is 2. The highest BCUT2D eigenvalue weighted by Crippen LogP contribution is 2.32. The van der Waals surface area contributed by atoms with Crippen LogP contribution in [-0.2, 0) is 0 Å². The van der Waals surface area contributed by atoms with Gasteiger partial charge in [-0.15, -0.1) is 0 Å². The lowest BCUT2D eigenvalue weighted by Crippen LogP contribution is -2.12. The van der Waals surface area contributed by atoms with Gasteiger partial charge in [-0.3, -0.25) is 0 Å². The molecule has 1 aromatic heterocycles. The van der Waals surface area contributed by atoms with Crippen LogP contribution in [0.3, 0.4) is 0 Å². The predicted octanol–water partition coefficient (Wildman–Crippen LogP) is 2.19. The van der Waals surface area contributed by atoms with Gasteiger partial charge in [0.05, 0.1) is 0 Å². The van der Waals surface area contributed by atoms with E-state index in [4.69, 9.17) is 10.8 Å². The first kappa shape index (κ1) is 11.8. The Balaban J connectivity index is 2.32. The van der Waals surface area contributed by atoms with Gasteiger partial charge in [0.1, 0.15) is 0 Å². The van der Waals surface area contributed by atoms with Crippen LogP contribution in [0.1, 0.15) is 60.5 Å². The summed E-state index contributed by atoms with van der Waals surface area (Å²) in [5, 5.41) is 9.15. The molecule has 5 heteroatoms. The second-order valence-corrected chi connectivity index (χ2v) is 4.53. The lowest BCUT2D eigenvalue weighted by atomic mass is 9.91. The van der Waals surface area contributed by atoms with E-state index >= 15 is 0 Å². The quantitative estimate of drug-likeness (QED) is 0.767. The van der Waals surface area contributed by atoms with Crippen LogP contribution >= 0.6 is 0 Å². The van der Waals surface area contributed by atoms with Crippen molar-refractivity contribution in [3.63, 3.8) is 0 Å². The van der Waals surface area contributed by atoms with E-state index in [1.807, 2.05) is 0 Å². The van der Waals surface area contributed by atoms with Crippen molar-refractivity contribution >= 4 is 11.9 Å². The zero-order chi connectivity index (χ0) is 12.3. The van der Waals surface area contributed by atoms with Crippen LogP contribution in [0.2, 0.25) is 0 Å². The van der Waals surface area contributed by atoms with Crippen molar-refractivity contribution in [3.8, 4) is 0 Å². The van der Waals surface area contributed by atoms with Crippen LogP contribution in [0, 0.1) is 0 Å². The Morgan fingerprint density at radius 3 is 2.53 bits per heavy atom. The van der Waals surface area contributed by atoms with E-state index in [9.17, 15) is 4.79 Å². The van der Waals surface area contributed by atoms with Crippen LogP contribution in [-0.4, -0.2) is 21.0 Å². The van der Waals surface area contributed by atoms with E-state index in [1.54, 1.807) is 6.20 Å². The van der Waals surface area contributed by atoms with E-state index < -0.39 is 5.97 Å². The third-order valence-corrected chi connectivity index (χ3v) is 3.33. The predicted molar refractivity (Wildman–Crippen MR) is 63.8 cm³/mol. The van der Waals surface area contributed by atoms with Crippen LogP contribution in [0.25, 0.3) is 0 Å². The Morgan fingerprint density at radius 1 is 1.29 bits per heavy atom. The molecule has 0 saturated heterocycles.